The molecule has 1 aliphatic rings. The van der Waals surface area contributed by atoms with E-state index in [4.69, 9.17) is 4.74 Å². The van der Waals surface area contributed by atoms with Gasteiger partial charge in [-0.25, -0.2) is 0 Å². The second-order valence-corrected chi connectivity index (χ2v) is 7.96. The minimum absolute atomic E-state index is 0.0223. The van der Waals surface area contributed by atoms with E-state index in [2.05, 4.69) is 32.7 Å². The van der Waals surface area contributed by atoms with E-state index in [1.54, 1.807) is 0 Å². The van der Waals surface area contributed by atoms with E-state index in [0.717, 1.165) is 44.1 Å². The van der Waals surface area contributed by atoms with Crippen LogP contribution in [-0.2, 0) is 17.9 Å². The molecular weight excluding hydrogens is 388 g/mol. The molecule has 0 radical (unpaired) electrons. The number of guanidine groups is 1. The average Bonchev–Trinajstić information content (AvgIpc) is 3.27. The molecule has 1 heterocycles. The summed E-state index contributed by atoms with van der Waals surface area (Å²) >= 11 is 0. The fourth-order valence-electron chi connectivity index (χ4n) is 3.76. The van der Waals surface area contributed by atoms with Crippen molar-refractivity contribution in [1.29, 1.82) is 0 Å². The highest BCUT2D eigenvalue weighted by atomic mass is 16.5. The minimum Gasteiger partial charge on any atom is -0.376 e. The van der Waals surface area contributed by atoms with Gasteiger partial charge in [0, 0.05) is 44.7 Å². The van der Waals surface area contributed by atoms with E-state index in [9.17, 15) is 4.79 Å². The van der Waals surface area contributed by atoms with E-state index in [0.29, 0.717) is 31.2 Å². The lowest BCUT2D eigenvalue weighted by Gasteiger charge is -2.22. The largest absolute Gasteiger partial charge is 0.376 e. The first-order chi connectivity index (χ1) is 15.2. The molecule has 1 unspecified atom stereocenters. The normalized spacial score (nSPS) is 16.4. The molecular formula is C25H34N4O2. The first-order valence-electron chi connectivity index (χ1n) is 11.1. The second-order valence-electron chi connectivity index (χ2n) is 7.96. The lowest BCUT2D eigenvalue weighted by Crippen LogP contribution is -2.39. The highest BCUT2D eigenvalue weighted by molar-refractivity contribution is 5.94. The van der Waals surface area contributed by atoms with Crippen molar-refractivity contribution in [2.24, 2.45) is 10.9 Å². The number of nitrogens with zero attached hydrogens (tertiary/aromatic N) is 2. The fraction of sp³-hybridized carbons (Fsp3) is 0.440. The first kappa shape index (κ1) is 22.8. The highest BCUT2D eigenvalue weighted by Crippen LogP contribution is 2.17. The van der Waals surface area contributed by atoms with Gasteiger partial charge in [-0.3, -0.25) is 9.79 Å². The Morgan fingerprint density at radius 3 is 2.71 bits per heavy atom. The van der Waals surface area contributed by atoms with Crippen LogP contribution in [0.15, 0.2) is 59.6 Å². The van der Waals surface area contributed by atoms with Crippen LogP contribution < -0.4 is 10.6 Å². The molecule has 0 spiro atoms. The average molecular weight is 423 g/mol. The smallest absolute Gasteiger partial charge is 0.251 e. The summed E-state index contributed by atoms with van der Waals surface area (Å²) in [5, 5.41) is 6.37. The molecule has 0 aliphatic carbocycles. The molecule has 2 N–H and O–H groups in total. The molecule has 0 saturated carbocycles. The summed E-state index contributed by atoms with van der Waals surface area (Å²) in [6.07, 6.45) is 2.03. The lowest BCUT2D eigenvalue weighted by molar-refractivity contribution is 0.0906. The molecule has 31 heavy (non-hydrogen) atoms. The summed E-state index contributed by atoms with van der Waals surface area (Å²) in [5.74, 6) is 1.38. The molecule has 3 rings (SSSR count). The molecule has 0 bridgehead atoms. The van der Waals surface area contributed by atoms with Gasteiger partial charge in [0.15, 0.2) is 5.96 Å². The van der Waals surface area contributed by atoms with Crippen molar-refractivity contribution in [1.82, 2.24) is 15.5 Å². The van der Waals surface area contributed by atoms with Crippen LogP contribution in [0.5, 0.6) is 0 Å². The Bertz CT molecular complexity index is 854. The summed E-state index contributed by atoms with van der Waals surface area (Å²) < 4.78 is 5.93. The molecule has 0 aromatic heterocycles. The molecule has 1 fully saturated rings. The van der Waals surface area contributed by atoms with Crippen LogP contribution in [0.4, 0.5) is 0 Å². The molecule has 1 amide bonds. The van der Waals surface area contributed by atoms with Crippen molar-refractivity contribution in [2.75, 3.05) is 33.3 Å². The van der Waals surface area contributed by atoms with Crippen molar-refractivity contribution in [3.05, 3.63) is 71.3 Å². The number of likely N-dealkylation sites (tertiary alicyclic amines) is 1. The van der Waals surface area contributed by atoms with Crippen LogP contribution in [0.25, 0.3) is 0 Å². The Morgan fingerprint density at radius 2 is 1.94 bits per heavy atom. The van der Waals surface area contributed by atoms with Gasteiger partial charge in [-0.15, -0.1) is 0 Å². The van der Waals surface area contributed by atoms with Crippen molar-refractivity contribution >= 4 is 11.9 Å². The third kappa shape index (κ3) is 7.10. The van der Waals surface area contributed by atoms with E-state index in [-0.39, 0.29) is 5.91 Å². The third-order valence-electron chi connectivity index (χ3n) is 5.44. The third-order valence-corrected chi connectivity index (χ3v) is 5.44. The molecule has 166 valence electrons. The molecule has 2 aromatic rings. The van der Waals surface area contributed by atoms with Gasteiger partial charge >= 0.3 is 0 Å². The number of amides is 1. The Morgan fingerprint density at radius 1 is 1.13 bits per heavy atom. The number of aliphatic imine (C=N–C) groups is 1. The predicted octanol–water partition coefficient (Wildman–Crippen LogP) is 3.44. The van der Waals surface area contributed by atoms with Crippen molar-refractivity contribution in [2.45, 2.75) is 32.9 Å². The maximum atomic E-state index is 12.2. The minimum atomic E-state index is -0.0223. The first-order valence-corrected chi connectivity index (χ1v) is 11.1. The van der Waals surface area contributed by atoms with E-state index in [1.165, 1.54) is 5.56 Å². The second kappa shape index (κ2) is 12.1. The maximum absolute atomic E-state index is 12.2. The van der Waals surface area contributed by atoms with Gasteiger partial charge in [-0.05, 0) is 36.1 Å². The topological polar surface area (TPSA) is 66.0 Å². The van der Waals surface area contributed by atoms with Gasteiger partial charge in [0.25, 0.3) is 5.91 Å². The Labute approximate surface area is 185 Å². The summed E-state index contributed by atoms with van der Waals surface area (Å²) in [7, 11) is 1.82. The quantitative estimate of drug-likeness (QED) is 0.480. The summed E-state index contributed by atoms with van der Waals surface area (Å²) in [5.41, 5.74) is 2.97. The Hall–Kier alpha value is -2.86. The number of rotatable bonds is 9. The number of hydrogen-bond acceptors (Lipinski definition) is 3. The van der Waals surface area contributed by atoms with E-state index < -0.39 is 0 Å². The zero-order chi connectivity index (χ0) is 21.9. The maximum Gasteiger partial charge on any atom is 0.251 e. The molecule has 6 nitrogen and oxygen atoms in total. The van der Waals surface area contributed by atoms with Gasteiger partial charge in [0.1, 0.15) is 0 Å². The molecule has 6 heteroatoms. The summed E-state index contributed by atoms with van der Waals surface area (Å²) in [6, 6.07) is 18.0. The SMILES string of the molecule is CCCNC(=O)c1cccc(CNC(=NC)N2CCC(COCc3ccccc3)C2)c1. The highest BCUT2D eigenvalue weighted by Gasteiger charge is 2.25. The number of ether oxygens (including phenoxy) is 1. The van der Waals surface area contributed by atoms with Gasteiger partial charge in [-0.1, -0.05) is 49.4 Å². The van der Waals surface area contributed by atoms with Crippen molar-refractivity contribution in [3.8, 4) is 0 Å². The molecule has 2 aromatic carbocycles. The lowest BCUT2D eigenvalue weighted by atomic mass is 10.1. The fourth-order valence-corrected chi connectivity index (χ4v) is 3.76. The van der Waals surface area contributed by atoms with Gasteiger partial charge in [0.2, 0.25) is 0 Å². The van der Waals surface area contributed by atoms with Crippen LogP contribution in [-0.4, -0.2) is 50.1 Å². The number of nitrogens with one attached hydrogen (secondary N) is 2. The summed E-state index contributed by atoms with van der Waals surface area (Å²) in [6.45, 7) is 6.70. The molecule has 1 atom stereocenters. The summed E-state index contributed by atoms with van der Waals surface area (Å²) in [4.78, 5) is 18.9. The number of carbonyl (C=O) groups excluding carboxylic acids is 1. The Balaban J connectivity index is 1.45. The van der Waals surface area contributed by atoms with Crippen LogP contribution >= 0.6 is 0 Å². The molecule has 1 saturated heterocycles. The van der Waals surface area contributed by atoms with Crippen LogP contribution in [0, 0.1) is 5.92 Å². The zero-order valence-corrected chi connectivity index (χ0v) is 18.6. The van der Waals surface area contributed by atoms with Crippen LogP contribution in [0.1, 0.15) is 41.3 Å². The number of carbonyl (C=O) groups is 1. The van der Waals surface area contributed by atoms with E-state index >= 15 is 0 Å². The van der Waals surface area contributed by atoms with Crippen molar-refractivity contribution in [3.63, 3.8) is 0 Å². The van der Waals surface area contributed by atoms with Crippen LogP contribution in [0.3, 0.4) is 0 Å². The molecule has 1 aliphatic heterocycles. The van der Waals surface area contributed by atoms with Crippen LogP contribution in [0.2, 0.25) is 0 Å². The number of benzene rings is 2. The standard InChI is InChI=1S/C25H34N4O2/c1-3-13-27-24(30)23-11-7-10-21(15-23)16-28-25(26-2)29-14-12-22(17-29)19-31-18-20-8-5-4-6-9-20/h4-11,15,22H,3,12-14,16-19H2,1-2H3,(H,26,28)(H,27,30). The number of hydrogen-bond donors (Lipinski definition) is 2. The van der Waals surface area contributed by atoms with Gasteiger partial charge in [0.05, 0.1) is 13.2 Å². The predicted molar refractivity (Wildman–Crippen MR) is 125 cm³/mol. The van der Waals surface area contributed by atoms with Crippen molar-refractivity contribution < 1.29 is 9.53 Å². The monoisotopic (exact) mass is 422 g/mol. The van der Waals surface area contributed by atoms with Gasteiger partial charge in [-0.2, -0.15) is 0 Å². The zero-order valence-electron chi connectivity index (χ0n) is 18.6. The van der Waals surface area contributed by atoms with E-state index in [1.807, 2.05) is 56.4 Å². The van der Waals surface area contributed by atoms with Gasteiger partial charge < -0.3 is 20.3 Å². The Kier molecular flexibility index (Phi) is 8.91.